The third-order valence-electron chi connectivity index (χ3n) is 5.02. The molecule has 0 spiro atoms. The monoisotopic (exact) mass is 433 g/mol. The van der Waals surface area contributed by atoms with Gasteiger partial charge in [0.1, 0.15) is 21.4 Å². The van der Waals surface area contributed by atoms with Gasteiger partial charge >= 0.3 is 0 Å². The molecule has 0 atom stereocenters. The van der Waals surface area contributed by atoms with Gasteiger partial charge < -0.3 is 9.47 Å². The molecule has 7 nitrogen and oxygen atoms in total. The minimum atomic E-state index is -3.67. The van der Waals surface area contributed by atoms with E-state index in [1.165, 1.54) is 29.3 Å². The molecular weight excluding hydrogens is 410 g/mol. The molecule has 3 aromatic rings. The van der Waals surface area contributed by atoms with E-state index < -0.39 is 10.0 Å². The topological polar surface area (TPSA) is 72.0 Å². The molecule has 1 aliphatic rings. The van der Waals surface area contributed by atoms with Gasteiger partial charge in [-0.2, -0.15) is 4.31 Å². The van der Waals surface area contributed by atoms with Crippen LogP contribution in [0.4, 0.5) is 0 Å². The average Bonchev–Trinajstić information content (AvgIpc) is 3.16. The van der Waals surface area contributed by atoms with E-state index >= 15 is 0 Å². The van der Waals surface area contributed by atoms with Crippen LogP contribution in [0.5, 0.6) is 11.5 Å². The number of methoxy groups -OCH3 is 2. The van der Waals surface area contributed by atoms with Gasteiger partial charge in [-0.1, -0.05) is 12.1 Å². The molecule has 2 aromatic carbocycles. The zero-order chi connectivity index (χ0) is 20.4. The van der Waals surface area contributed by atoms with Crippen molar-refractivity contribution < 1.29 is 17.9 Å². The van der Waals surface area contributed by atoms with Crippen LogP contribution in [0.15, 0.2) is 47.4 Å². The van der Waals surface area contributed by atoms with E-state index in [9.17, 15) is 8.42 Å². The highest BCUT2D eigenvalue weighted by molar-refractivity contribution is 7.89. The lowest BCUT2D eigenvalue weighted by Crippen LogP contribution is -2.48. The highest BCUT2D eigenvalue weighted by Crippen LogP contribution is 2.31. The lowest BCUT2D eigenvalue weighted by molar-refractivity contribution is 0.181. The Kier molecular flexibility index (Phi) is 5.73. The summed E-state index contributed by atoms with van der Waals surface area (Å²) in [5, 5.41) is 1.05. The summed E-state index contributed by atoms with van der Waals surface area (Å²) in [5.74, 6) is 0.807. The number of hydrogen-bond acceptors (Lipinski definition) is 7. The summed E-state index contributed by atoms with van der Waals surface area (Å²) < 4.78 is 39.5. The number of nitrogens with zero attached hydrogens (tertiary/aromatic N) is 3. The number of sulfonamides is 1. The van der Waals surface area contributed by atoms with Gasteiger partial charge in [-0.3, -0.25) is 4.90 Å². The van der Waals surface area contributed by atoms with Crippen molar-refractivity contribution >= 4 is 31.6 Å². The smallest absolute Gasteiger partial charge is 0.246 e. The molecule has 0 N–H and O–H groups in total. The van der Waals surface area contributed by atoms with Crippen molar-refractivity contribution in [1.82, 2.24) is 14.2 Å². The summed E-state index contributed by atoms with van der Waals surface area (Å²) in [6, 6.07) is 12.9. The molecule has 1 saturated heterocycles. The van der Waals surface area contributed by atoms with E-state index in [1.54, 1.807) is 23.5 Å². The molecule has 0 unspecified atom stereocenters. The van der Waals surface area contributed by atoms with Crippen LogP contribution in [0.2, 0.25) is 0 Å². The van der Waals surface area contributed by atoms with Crippen molar-refractivity contribution in [2.24, 2.45) is 0 Å². The molecule has 2 heterocycles. The van der Waals surface area contributed by atoms with Crippen molar-refractivity contribution in [3.63, 3.8) is 0 Å². The summed E-state index contributed by atoms with van der Waals surface area (Å²) in [5.41, 5.74) is 1.01. The molecule has 9 heteroatoms. The highest BCUT2D eigenvalue weighted by atomic mass is 32.2. The van der Waals surface area contributed by atoms with Gasteiger partial charge in [0.05, 0.1) is 31.0 Å². The fourth-order valence-electron chi connectivity index (χ4n) is 3.43. The molecular formula is C20H23N3O4S2. The van der Waals surface area contributed by atoms with E-state index in [2.05, 4.69) is 16.0 Å². The number of thiazole rings is 1. The molecule has 4 rings (SSSR count). The van der Waals surface area contributed by atoms with E-state index in [0.717, 1.165) is 17.1 Å². The van der Waals surface area contributed by atoms with Crippen LogP contribution in [-0.2, 0) is 16.6 Å². The normalized spacial score (nSPS) is 16.2. The van der Waals surface area contributed by atoms with Crippen LogP contribution in [0.3, 0.4) is 0 Å². The van der Waals surface area contributed by atoms with E-state index in [0.29, 0.717) is 37.7 Å². The summed E-state index contributed by atoms with van der Waals surface area (Å²) in [6.45, 7) is 2.89. The fraction of sp³-hybridized carbons (Fsp3) is 0.350. The summed E-state index contributed by atoms with van der Waals surface area (Å²) >= 11 is 1.69. The number of aromatic nitrogens is 1. The predicted octanol–water partition coefficient (Wildman–Crippen LogP) is 2.82. The van der Waals surface area contributed by atoms with Gasteiger partial charge in [0.15, 0.2) is 0 Å². The first-order valence-electron chi connectivity index (χ1n) is 9.30. The molecule has 1 aromatic heterocycles. The minimum Gasteiger partial charge on any atom is -0.497 e. The van der Waals surface area contributed by atoms with Crippen LogP contribution < -0.4 is 9.47 Å². The zero-order valence-electron chi connectivity index (χ0n) is 16.4. The first-order chi connectivity index (χ1) is 14.0. The van der Waals surface area contributed by atoms with Gasteiger partial charge in [-0.15, -0.1) is 11.3 Å². The molecule has 0 amide bonds. The summed E-state index contributed by atoms with van der Waals surface area (Å²) in [4.78, 5) is 7.06. The van der Waals surface area contributed by atoms with E-state index in [4.69, 9.17) is 9.47 Å². The first kappa shape index (κ1) is 20.1. The molecule has 0 bridgehead atoms. The Hall–Kier alpha value is -2.20. The van der Waals surface area contributed by atoms with Crippen LogP contribution in [-0.4, -0.2) is 63.0 Å². The molecule has 29 heavy (non-hydrogen) atoms. The Morgan fingerprint density at radius 2 is 1.79 bits per heavy atom. The third-order valence-corrected chi connectivity index (χ3v) is 7.96. The van der Waals surface area contributed by atoms with Crippen LogP contribution >= 0.6 is 11.3 Å². The second kappa shape index (κ2) is 8.27. The number of benzene rings is 2. The van der Waals surface area contributed by atoms with Crippen LogP contribution in [0, 0.1) is 0 Å². The van der Waals surface area contributed by atoms with Crippen LogP contribution in [0.25, 0.3) is 10.2 Å². The number of fused-ring (bicyclic) bond motifs is 1. The molecule has 0 radical (unpaired) electrons. The molecule has 0 aliphatic carbocycles. The third kappa shape index (κ3) is 4.09. The van der Waals surface area contributed by atoms with E-state index in [-0.39, 0.29) is 4.90 Å². The van der Waals surface area contributed by atoms with Gasteiger partial charge in [0.2, 0.25) is 10.0 Å². The maximum Gasteiger partial charge on any atom is 0.246 e. The van der Waals surface area contributed by atoms with Crippen molar-refractivity contribution in [2.45, 2.75) is 11.4 Å². The maximum atomic E-state index is 13.2. The second-order valence-electron chi connectivity index (χ2n) is 6.77. The van der Waals surface area contributed by atoms with Gasteiger partial charge in [-0.05, 0) is 24.3 Å². The number of rotatable bonds is 6. The standard InChI is InChI=1S/C20H23N3O4S2/c1-26-15-7-8-17(27-2)19(13-15)29(24,25)23-11-9-22(10-12-23)14-20-21-16-5-3-4-6-18(16)28-20/h3-8,13H,9-12,14H2,1-2H3. The van der Waals surface area contributed by atoms with Crippen molar-refractivity contribution in [2.75, 3.05) is 40.4 Å². The average molecular weight is 434 g/mol. The highest BCUT2D eigenvalue weighted by Gasteiger charge is 2.31. The SMILES string of the molecule is COc1ccc(OC)c(S(=O)(=O)N2CCN(Cc3nc4ccccc4s3)CC2)c1. The van der Waals surface area contributed by atoms with Gasteiger partial charge in [-0.25, -0.2) is 13.4 Å². The lowest BCUT2D eigenvalue weighted by Gasteiger charge is -2.33. The molecule has 154 valence electrons. The second-order valence-corrected chi connectivity index (χ2v) is 9.79. The Morgan fingerprint density at radius 3 is 2.48 bits per heavy atom. The Labute approximate surface area is 174 Å². The Morgan fingerprint density at radius 1 is 1.03 bits per heavy atom. The van der Waals surface area contributed by atoms with Crippen molar-refractivity contribution in [3.8, 4) is 11.5 Å². The number of hydrogen-bond donors (Lipinski definition) is 0. The Balaban J connectivity index is 1.46. The zero-order valence-corrected chi connectivity index (χ0v) is 18.0. The number of para-hydroxylation sites is 1. The number of ether oxygens (including phenoxy) is 2. The Bertz CT molecular complexity index is 1070. The fourth-order valence-corrected chi connectivity index (χ4v) is 6.03. The summed E-state index contributed by atoms with van der Waals surface area (Å²) in [7, 11) is -0.684. The molecule has 1 aliphatic heterocycles. The predicted molar refractivity (Wildman–Crippen MR) is 113 cm³/mol. The van der Waals surface area contributed by atoms with Crippen molar-refractivity contribution in [3.05, 3.63) is 47.5 Å². The summed E-state index contributed by atoms with van der Waals surface area (Å²) in [6.07, 6.45) is 0. The first-order valence-corrected chi connectivity index (χ1v) is 11.6. The largest absolute Gasteiger partial charge is 0.497 e. The molecule has 0 saturated carbocycles. The maximum absolute atomic E-state index is 13.2. The van der Waals surface area contributed by atoms with Gasteiger partial charge in [0.25, 0.3) is 0 Å². The van der Waals surface area contributed by atoms with Crippen LogP contribution in [0.1, 0.15) is 5.01 Å². The van der Waals surface area contributed by atoms with Crippen molar-refractivity contribution in [1.29, 1.82) is 0 Å². The quantitative estimate of drug-likeness (QED) is 0.595. The van der Waals surface area contributed by atoms with Gasteiger partial charge in [0, 0.05) is 32.2 Å². The molecule has 1 fully saturated rings. The lowest BCUT2D eigenvalue weighted by atomic mass is 10.3. The number of piperazine rings is 1. The van der Waals surface area contributed by atoms with E-state index in [1.807, 2.05) is 18.2 Å². The minimum absolute atomic E-state index is 0.138.